The van der Waals surface area contributed by atoms with Gasteiger partial charge >= 0.3 is 0 Å². The van der Waals surface area contributed by atoms with Crippen molar-refractivity contribution in [3.8, 4) is 17.6 Å². The summed E-state index contributed by atoms with van der Waals surface area (Å²) in [4.78, 5) is 25.1. The number of aryl methyl sites for hydroxylation is 1. The zero-order chi connectivity index (χ0) is 18.9. The molecule has 0 aliphatic heterocycles. The molecule has 2 rings (SSSR count). The molecule has 0 aromatic heterocycles. The number of benzene rings is 2. The quantitative estimate of drug-likeness (QED) is 0.842. The molecule has 0 aliphatic rings. The molecule has 134 valence electrons. The molecule has 0 radical (unpaired) electrons. The number of nitrogens with zero attached hydrogens (tertiary/aromatic N) is 1. The first kappa shape index (κ1) is 19.1. The molecule has 5 heteroatoms. The number of nitrogens with one attached hydrogen (secondary N) is 1. The van der Waals surface area contributed by atoms with Crippen LogP contribution >= 0.6 is 0 Å². The average Bonchev–Trinajstić information content (AvgIpc) is 2.63. The first-order valence-corrected chi connectivity index (χ1v) is 8.22. The van der Waals surface area contributed by atoms with E-state index < -0.39 is 0 Å². The van der Waals surface area contributed by atoms with Gasteiger partial charge < -0.3 is 15.0 Å². The van der Waals surface area contributed by atoms with E-state index in [9.17, 15) is 9.59 Å². The number of carbonyl (C=O) groups excluding carboxylic acids is 2. The fourth-order valence-corrected chi connectivity index (χ4v) is 2.15. The zero-order valence-corrected chi connectivity index (χ0v) is 15.2. The molecule has 0 aliphatic carbocycles. The lowest BCUT2D eigenvalue weighted by Crippen LogP contribution is -2.29. The summed E-state index contributed by atoms with van der Waals surface area (Å²) in [5.41, 5.74) is 2.47. The first-order chi connectivity index (χ1) is 12.5. The lowest BCUT2D eigenvalue weighted by molar-refractivity contribution is -0.122. The van der Waals surface area contributed by atoms with Crippen LogP contribution in [-0.2, 0) is 4.79 Å². The van der Waals surface area contributed by atoms with Crippen LogP contribution in [0.25, 0.3) is 0 Å². The van der Waals surface area contributed by atoms with E-state index in [0.29, 0.717) is 11.3 Å². The van der Waals surface area contributed by atoms with E-state index in [1.807, 2.05) is 31.2 Å². The molecule has 0 unspecified atom stereocenters. The molecule has 2 aromatic rings. The maximum Gasteiger partial charge on any atom is 0.258 e. The Labute approximate surface area is 154 Å². The molecular weight excluding hydrogens is 328 g/mol. The Balaban J connectivity index is 1.77. The van der Waals surface area contributed by atoms with Crippen LogP contribution in [0.4, 0.5) is 0 Å². The molecule has 26 heavy (non-hydrogen) atoms. The monoisotopic (exact) mass is 350 g/mol. The third-order valence-corrected chi connectivity index (χ3v) is 3.50. The summed E-state index contributed by atoms with van der Waals surface area (Å²) in [5, 5.41) is 2.68. The minimum Gasteiger partial charge on any atom is -0.484 e. The third-order valence-electron chi connectivity index (χ3n) is 3.50. The van der Waals surface area contributed by atoms with Crippen molar-refractivity contribution in [2.24, 2.45) is 0 Å². The summed E-state index contributed by atoms with van der Waals surface area (Å²) in [6.07, 6.45) is 0. The topological polar surface area (TPSA) is 58.6 Å². The van der Waals surface area contributed by atoms with Crippen molar-refractivity contribution < 1.29 is 14.3 Å². The fourth-order valence-electron chi connectivity index (χ4n) is 2.15. The molecule has 0 saturated carbocycles. The molecule has 0 heterocycles. The Morgan fingerprint density at radius 3 is 2.50 bits per heavy atom. The van der Waals surface area contributed by atoms with Crippen molar-refractivity contribution in [2.75, 3.05) is 27.2 Å². The second-order valence-corrected chi connectivity index (χ2v) is 5.96. The van der Waals surface area contributed by atoms with E-state index in [4.69, 9.17) is 4.74 Å². The molecule has 0 spiro atoms. The second kappa shape index (κ2) is 9.28. The molecule has 0 atom stereocenters. The average molecular weight is 350 g/mol. The maximum absolute atomic E-state index is 11.8. The largest absolute Gasteiger partial charge is 0.484 e. The van der Waals surface area contributed by atoms with Crippen molar-refractivity contribution in [1.29, 1.82) is 0 Å². The van der Waals surface area contributed by atoms with Crippen molar-refractivity contribution in [2.45, 2.75) is 6.92 Å². The van der Waals surface area contributed by atoms with Crippen LogP contribution in [-0.4, -0.2) is 44.0 Å². The summed E-state index contributed by atoms with van der Waals surface area (Å²) in [7, 11) is 3.42. The molecular formula is C21H22N2O3. The summed E-state index contributed by atoms with van der Waals surface area (Å²) < 4.78 is 5.42. The summed E-state index contributed by atoms with van der Waals surface area (Å²) in [6, 6.07) is 14.6. The highest BCUT2D eigenvalue weighted by atomic mass is 16.5. The summed E-state index contributed by atoms with van der Waals surface area (Å²) in [5.74, 6) is 6.21. The predicted octanol–water partition coefficient (Wildman–Crippen LogP) is 2.24. The lowest BCUT2D eigenvalue weighted by Gasteiger charge is -2.09. The fraction of sp³-hybridized carbons (Fsp3) is 0.238. The number of hydrogen-bond acceptors (Lipinski definition) is 3. The lowest BCUT2D eigenvalue weighted by atomic mass is 10.1. The van der Waals surface area contributed by atoms with Crippen LogP contribution in [0.5, 0.6) is 5.75 Å². The van der Waals surface area contributed by atoms with Gasteiger partial charge in [0.25, 0.3) is 11.8 Å². The molecule has 2 aromatic carbocycles. The van der Waals surface area contributed by atoms with E-state index in [2.05, 4.69) is 17.2 Å². The highest BCUT2D eigenvalue weighted by Crippen LogP contribution is 2.11. The van der Waals surface area contributed by atoms with Crippen molar-refractivity contribution >= 4 is 11.8 Å². The number of amides is 2. The zero-order valence-electron chi connectivity index (χ0n) is 15.2. The first-order valence-electron chi connectivity index (χ1n) is 8.22. The number of rotatable bonds is 5. The Kier molecular flexibility index (Phi) is 6.81. The Morgan fingerprint density at radius 1 is 1.12 bits per heavy atom. The third kappa shape index (κ3) is 5.99. The smallest absolute Gasteiger partial charge is 0.258 e. The van der Waals surface area contributed by atoms with Crippen LogP contribution in [0.3, 0.4) is 0 Å². The predicted molar refractivity (Wildman–Crippen MR) is 101 cm³/mol. The van der Waals surface area contributed by atoms with Crippen molar-refractivity contribution in [3.05, 3.63) is 65.2 Å². The highest BCUT2D eigenvalue weighted by Gasteiger charge is 2.06. The van der Waals surface area contributed by atoms with Gasteiger partial charge in [-0.2, -0.15) is 0 Å². The van der Waals surface area contributed by atoms with Gasteiger partial charge in [0.15, 0.2) is 6.61 Å². The van der Waals surface area contributed by atoms with Crippen LogP contribution in [0.15, 0.2) is 48.5 Å². The number of hydrogen-bond donors (Lipinski definition) is 1. The van der Waals surface area contributed by atoms with Gasteiger partial charge in [0, 0.05) is 25.2 Å². The van der Waals surface area contributed by atoms with Gasteiger partial charge in [-0.3, -0.25) is 9.59 Å². The van der Waals surface area contributed by atoms with Gasteiger partial charge in [-0.1, -0.05) is 24.0 Å². The Bertz CT molecular complexity index is 830. The van der Waals surface area contributed by atoms with E-state index >= 15 is 0 Å². The molecule has 0 fully saturated rings. The molecule has 0 bridgehead atoms. The molecule has 0 saturated heterocycles. The summed E-state index contributed by atoms with van der Waals surface area (Å²) >= 11 is 0. The maximum atomic E-state index is 11.8. The van der Waals surface area contributed by atoms with Gasteiger partial charge in [0.1, 0.15) is 5.75 Å². The van der Waals surface area contributed by atoms with Gasteiger partial charge in [-0.05, 0) is 48.9 Å². The molecule has 2 amide bonds. The van der Waals surface area contributed by atoms with E-state index in [1.165, 1.54) is 4.90 Å². The highest BCUT2D eigenvalue weighted by molar-refractivity contribution is 5.93. The second-order valence-electron chi connectivity index (χ2n) is 5.96. The van der Waals surface area contributed by atoms with Crippen LogP contribution in [0.1, 0.15) is 21.5 Å². The van der Waals surface area contributed by atoms with Crippen LogP contribution in [0.2, 0.25) is 0 Å². The Morgan fingerprint density at radius 2 is 1.85 bits per heavy atom. The minimum absolute atomic E-state index is 0.0491. The van der Waals surface area contributed by atoms with E-state index in [0.717, 1.165) is 11.1 Å². The van der Waals surface area contributed by atoms with Crippen molar-refractivity contribution in [3.63, 3.8) is 0 Å². The summed E-state index contributed by atoms with van der Waals surface area (Å²) in [6.45, 7) is 2.15. The van der Waals surface area contributed by atoms with E-state index in [-0.39, 0.29) is 25.0 Å². The van der Waals surface area contributed by atoms with Gasteiger partial charge in [-0.15, -0.1) is 0 Å². The minimum atomic E-state index is -0.229. The molecule has 1 N–H and O–H groups in total. The van der Waals surface area contributed by atoms with Gasteiger partial charge in [-0.25, -0.2) is 0 Å². The molecule has 5 nitrogen and oxygen atoms in total. The normalized spacial score (nSPS) is 9.65. The van der Waals surface area contributed by atoms with E-state index in [1.54, 1.807) is 38.4 Å². The number of carbonyl (C=O) groups is 2. The van der Waals surface area contributed by atoms with Crippen LogP contribution in [0, 0.1) is 18.8 Å². The van der Waals surface area contributed by atoms with Crippen molar-refractivity contribution in [1.82, 2.24) is 10.2 Å². The van der Waals surface area contributed by atoms with Gasteiger partial charge in [0.05, 0.1) is 6.54 Å². The number of ether oxygens (including phenoxy) is 1. The standard InChI is InChI=1S/C21H22N2O3/c1-16-6-4-8-19(14-16)26-15-20(24)22-13-5-7-17-9-11-18(12-10-17)21(25)23(2)3/h4,6,8-12,14H,13,15H2,1-3H3,(H,22,24). The SMILES string of the molecule is Cc1cccc(OCC(=O)NCC#Cc2ccc(C(=O)N(C)C)cc2)c1. The van der Waals surface area contributed by atoms with Gasteiger partial charge in [0.2, 0.25) is 0 Å². The van der Waals surface area contributed by atoms with Crippen LogP contribution < -0.4 is 10.1 Å². The Hall–Kier alpha value is -3.26.